The van der Waals surface area contributed by atoms with Gasteiger partial charge in [0.05, 0.1) is 0 Å². The first kappa shape index (κ1) is 16.0. The molecule has 1 aromatic rings. The summed E-state index contributed by atoms with van der Waals surface area (Å²) >= 11 is 3.60. The van der Waals surface area contributed by atoms with Gasteiger partial charge in [0.1, 0.15) is 0 Å². The highest BCUT2D eigenvalue weighted by Gasteiger charge is 2.22. The molecule has 1 saturated carbocycles. The van der Waals surface area contributed by atoms with Gasteiger partial charge in [-0.3, -0.25) is 0 Å². The van der Waals surface area contributed by atoms with E-state index in [0.717, 1.165) is 18.4 Å². The highest BCUT2D eigenvalue weighted by molar-refractivity contribution is 9.10. The van der Waals surface area contributed by atoms with Crippen molar-refractivity contribution in [2.75, 3.05) is 13.1 Å². The maximum atomic E-state index is 3.60. The third-order valence-corrected chi connectivity index (χ3v) is 5.10. The van der Waals surface area contributed by atoms with E-state index < -0.39 is 0 Å². The van der Waals surface area contributed by atoms with Crippen molar-refractivity contribution in [3.63, 3.8) is 0 Å². The molecule has 0 amide bonds. The van der Waals surface area contributed by atoms with Gasteiger partial charge >= 0.3 is 0 Å². The molecule has 2 rings (SSSR count). The molecule has 1 aromatic carbocycles. The van der Waals surface area contributed by atoms with Crippen LogP contribution >= 0.6 is 15.9 Å². The number of rotatable bonds is 6. The molecule has 0 saturated heterocycles. The second kappa shape index (κ2) is 8.84. The predicted octanol–water partition coefficient (Wildman–Crippen LogP) is 5.19. The van der Waals surface area contributed by atoms with Crippen molar-refractivity contribution in [2.45, 2.75) is 51.9 Å². The van der Waals surface area contributed by atoms with E-state index in [9.17, 15) is 0 Å². The molecule has 20 heavy (non-hydrogen) atoms. The summed E-state index contributed by atoms with van der Waals surface area (Å²) in [6.45, 7) is 4.47. The van der Waals surface area contributed by atoms with E-state index in [1.807, 2.05) is 0 Å². The van der Waals surface area contributed by atoms with E-state index in [1.54, 1.807) is 0 Å². The van der Waals surface area contributed by atoms with Crippen molar-refractivity contribution < 1.29 is 0 Å². The van der Waals surface area contributed by atoms with Gasteiger partial charge < -0.3 is 5.32 Å². The van der Waals surface area contributed by atoms with Crippen LogP contribution in [0.1, 0.15) is 51.0 Å². The third kappa shape index (κ3) is 5.21. The monoisotopic (exact) mass is 337 g/mol. The summed E-state index contributed by atoms with van der Waals surface area (Å²) in [6, 6.07) is 8.85. The van der Waals surface area contributed by atoms with Crippen LogP contribution in [0.2, 0.25) is 0 Å². The average Bonchev–Trinajstić information content (AvgIpc) is 2.72. The lowest BCUT2D eigenvalue weighted by atomic mass is 9.82. The first-order chi connectivity index (χ1) is 9.79. The molecule has 0 radical (unpaired) electrons. The van der Waals surface area contributed by atoms with E-state index in [0.29, 0.717) is 0 Å². The van der Waals surface area contributed by atoms with Crippen LogP contribution < -0.4 is 5.32 Å². The minimum atomic E-state index is 0.794. The van der Waals surface area contributed by atoms with Crippen LogP contribution in [0, 0.1) is 11.8 Å². The molecule has 1 nitrogen and oxygen atoms in total. The van der Waals surface area contributed by atoms with Gasteiger partial charge in [0.2, 0.25) is 0 Å². The van der Waals surface area contributed by atoms with Gasteiger partial charge in [-0.15, -0.1) is 0 Å². The summed E-state index contributed by atoms with van der Waals surface area (Å²) in [5.74, 6) is 1.71. The Bertz CT molecular complexity index is 383. The van der Waals surface area contributed by atoms with Crippen LogP contribution in [0.25, 0.3) is 0 Å². The maximum Gasteiger partial charge on any atom is 0.0177 e. The van der Waals surface area contributed by atoms with Crippen LogP contribution in [0.3, 0.4) is 0 Å². The first-order valence-electron chi connectivity index (χ1n) is 8.24. The van der Waals surface area contributed by atoms with Crippen molar-refractivity contribution in [3.8, 4) is 0 Å². The standard InChI is InChI=1S/C18H28BrN/c1-2-20-14-17(16-9-5-3-4-6-10-16)12-15-8-7-11-18(19)13-15/h7-8,11,13,16-17,20H,2-6,9-10,12,14H2,1H3. The van der Waals surface area contributed by atoms with Gasteiger partial charge in [0, 0.05) is 4.47 Å². The molecule has 0 spiro atoms. The highest BCUT2D eigenvalue weighted by Crippen LogP contribution is 2.31. The Kier molecular flexibility index (Phi) is 7.09. The van der Waals surface area contributed by atoms with Gasteiger partial charge in [-0.2, -0.15) is 0 Å². The van der Waals surface area contributed by atoms with Crippen molar-refractivity contribution in [3.05, 3.63) is 34.3 Å². The van der Waals surface area contributed by atoms with Crippen LogP contribution in [0.15, 0.2) is 28.7 Å². The maximum absolute atomic E-state index is 3.60. The summed E-state index contributed by atoms with van der Waals surface area (Å²) in [5.41, 5.74) is 1.48. The normalized spacial score (nSPS) is 18.7. The van der Waals surface area contributed by atoms with Crippen LogP contribution in [-0.2, 0) is 6.42 Å². The smallest absolute Gasteiger partial charge is 0.0177 e. The Balaban J connectivity index is 2.01. The molecular weight excluding hydrogens is 310 g/mol. The summed E-state index contributed by atoms with van der Waals surface area (Å²) in [4.78, 5) is 0. The molecule has 1 unspecified atom stereocenters. The number of halogens is 1. The summed E-state index contributed by atoms with van der Waals surface area (Å²) in [5, 5.41) is 3.59. The van der Waals surface area contributed by atoms with Crippen molar-refractivity contribution in [2.24, 2.45) is 11.8 Å². The molecule has 1 aliphatic rings. The molecule has 0 aromatic heterocycles. The number of nitrogens with one attached hydrogen (secondary N) is 1. The van der Waals surface area contributed by atoms with E-state index in [2.05, 4.69) is 52.4 Å². The molecular formula is C18H28BrN. The fourth-order valence-corrected chi connectivity index (χ4v) is 3.93. The van der Waals surface area contributed by atoms with Gasteiger partial charge in [-0.1, -0.05) is 73.5 Å². The number of hydrogen-bond acceptors (Lipinski definition) is 1. The SMILES string of the molecule is CCNCC(Cc1cccc(Br)c1)C1CCCCCC1. The molecule has 2 heteroatoms. The van der Waals surface area contributed by atoms with E-state index >= 15 is 0 Å². The van der Waals surface area contributed by atoms with E-state index in [4.69, 9.17) is 0 Å². The molecule has 1 atom stereocenters. The van der Waals surface area contributed by atoms with Crippen LogP contribution in [0.5, 0.6) is 0 Å². The second-order valence-electron chi connectivity index (χ2n) is 6.15. The minimum absolute atomic E-state index is 0.794. The first-order valence-corrected chi connectivity index (χ1v) is 9.04. The Labute approximate surface area is 132 Å². The quantitative estimate of drug-likeness (QED) is 0.704. The zero-order chi connectivity index (χ0) is 14.2. The van der Waals surface area contributed by atoms with Crippen molar-refractivity contribution in [1.82, 2.24) is 5.32 Å². The Hall–Kier alpha value is -0.340. The summed E-state index contributed by atoms with van der Waals surface area (Å²) in [7, 11) is 0. The average molecular weight is 338 g/mol. The lowest BCUT2D eigenvalue weighted by molar-refractivity contribution is 0.286. The van der Waals surface area contributed by atoms with Crippen LogP contribution in [0.4, 0.5) is 0 Å². The van der Waals surface area contributed by atoms with Crippen molar-refractivity contribution in [1.29, 1.82) is 0 Å². The molecule has 0 bridgehead atoms. The second-order valence-corrected chi connectivity index (χ2v) is 7.07. The zero-order valence-electron chi connectivity index (χ0n) is 12.7. The highest BCUT2D eigenvalue weighted by atomic mass is 79.9. The Morgan fingerprint density at radius 3 is 2.60 bits per heavy atom. The third-order valence-electron chi connectivity index (χ3n) is 4.61. The fraction of sp³-hybridized carbons (Fsp3) is 0.667. The molecule has 112 valence electrons. The van der Waals surface area contributed by atoms with Gasteiger partial charge in [0.15, 0.2) is 0 Å². The lowest BCUT2D eigenvalue weighted by Gasteiger charge is -2.27. The van der Waals surface area contributed by atoms with E-state index in [1.165, 1.54) is 61.5 Å². The van der Waals surface area contributed by atoms with Gasteiger partial charge in [0.25, 0.3) is 0 Å². The molecule has 1 aliphatic carbocycles. The Morgan fingerprint density at radius 2 is 1.95 bits per heavy atom. The minimum Gasteiger partial charge on any atom is -0.317 e. The molecule has 1 N–H and O–H groups in total. The predicted molar refractivity (Wildman–Crippen MR) is 91.1 cm³/mol. The Morgan fingerprint density at radius 1 is 1.20 bits per heavy atom. The largest absolute Gasteiger partial charge is 0.317 e. The fourth-order valence-electron chi connectivity index (χ4n) is 3.48. The summed E-state index contributed by atoms with van der Waals surface area (Å²) < 4.78 is 1.21. The number of hydrogen-bond donors (Lipinski definition) is 1. The molecule has 0 aliphatic heterocycles. The molecule has 1 fully saturated rings. The van der Waals surface area contributed by atoms with E-state index in [-0.39, 0.29) is 0 Å². The zero-order valence-corrected chi connectivity index (χ0v) is 14.3. The number of benzene rings is 1. The topological polar surface area (TPSA) is 12.0 Å². The van der Waals surface area contributed by atoms with Crippen molar-refractivity contribution >= 4 is 15.9 Å². The lowest BCUT2D eigenvalue weighted by Crippen LogP contribution is -2.29. The summed E-state index contributed by atoms with van der Waals surface area (Å²) in [6.07, 6.45) is 9.85. The van der Waals surface area contributed by atoms with Gasteiger partial charge in [-0.25, -0.2) is 0 Å². The molecule has 0 heterocycles. The van der Waals surface area contributed by atoms with Gasteiger partial charge in [-0.05, 0) is 49.0 Å². The van der Waals surface area contributed by atoms with Crippen LogP contribution in [-0.4, -0.2) is 13.1 Å².